The lowest BCUT2D eigenvalue weighted by molar-refractivity contribution is 0.284. The zero-order valence-electron chi connectivity index (χ0n) is 14.9. The molecule has 0 fully saturated rings. The predicted octanol–water partition coefficient (Wildman–Crippen LogP) is 5.27. The number of nitrogens with zero attached hydrogens (tertiary/aromatic N) is 1. The maximum atomic E-state index is 6.44. The second kappa shape index (κ2) is 9.60. The number of ether oxygens (including phenoxy) is 2. The van der Waals surface area contributed by atoms with Crippen LogP contribution in [0.2, 0.25) is 10.0 Å². The molecule has 0 spiro atoms. The van der Waals surface area contributed by atoms with Gasteiger partial charge in [-0.25, -0.2) is 0 Å². The van der Waals surface area contributed by atoms with Crippen LogP contribution < -0.4 is 14.8 Å². The molecule has 0 saturated heterocycles. The van der Waals surface area contributed by atoms with E-state index in [-0.39, 0.29) is 0 Å². The smallest absolute Gasteiger partial charge is 0.163 e. The molecule has 0 unspecified atom stereocenters. The SMILES string of the molecule is COc1cc(CNCc2cccnc2)c(Cl)cc1OCc1ccccc1Cl. The Morgan fingerprint density at radius 2 is 1.78 bits per heavy atom. The zero-order chi connectivity index (χ0) is 19.1. The minimum atomic E-state index is 0.338. The largest absolute Gasteiger partial charge is 0.493 e. The summed E-state index contributed by atoms with van der Waals surface area (Å²) in [6.45, 7) is 1.65. The molecule has 1 N–H and O–H groups in total. The number of halogens is 2. The Bertz CT molecular complexity index is 889. The maximum absolute atomic E-state index is 6.44. The van der Waals surface area contributed by atoms with E-state index in [1.165, 1.54) is 0 Å². The topological polar surface area (TPSA) is 43.4 Å². The van der Waals surface area contributed by atoms with E-state index in [9.17, 15) is 0 Å². The molecule has 0 saturated carbocycles. The lowest BCUT2D eigenvalue weighted by Crippen LogP contribution is -2.13. The van der Waals surface area contributed by atoms with Crippen LogP contribution in [-0.2, 0) is 19.7 Å². The predicted molar refractivity (Wildman–Crippen MR) is 109 cm³/mol. The third-order valence-electron chi connectivity index (χ3n) is 4.04. The number of hydrogen-bond acceptors (Lipinski definition) is 4. The van der Waals surface area contributed by atoms with Crippen molar-refractivity contribution in [2.45, 2.75) is 19.7 Å². The minimum absolute atomic E-state index is 0.338. The van der Waals surface area contributed by atoms with Crippen LogP contribution in [0.25, 0.3) is 0 Å². The van der Waals surface area contributed by atoms with Gasteiger partial charge in [0.1, 0.15) is 6.61 Å². The fourth-order valence-electron chi connectivity index (χ4n) is 2.60. The summed E-state index contributed by atoms with van der Waals surface area (Å²) in [5.74, 6) is 1.21. The van der Waals surface area contributed by atoms with Crippen molar-refractivity contribution in [2.24, 2.45) is 0 Å². The quantitative estimate of drug-likeness (QED) is 0.557. The first-order chi connectivity index (χ1) is 13.2. The molecule has 4 nitrogen and oxygen atoms in total. The Labute approximate surface area is 169 Å². The summed E-state index contributed by atoms with van der Waals surface area (Å²) in [5, 5.41) is 4.64. The van der Waals surface area contributed by atoms with Crippen molar-refractivity contribution in [2.75, 3.05) is 7.11 Å². The standard InChI is InChI=1S/C21H20Cl2N2O2/c1-26-20-9-17(13-25-12-15-5-4-8-24-11-15)19(23)10-21(20)27-14-16-6-2-3-7-18(16)22/h2-11,25H,12-14H2,1H3. The molecule has 2 aromatic carbocycles. The fourth-order valence-corrected chi connectivity index (χ4v) is 3.01. The first-order valence-electron chi connectivity index (χ1n) is 8.49. The minimum Gasteiger partial charge on any atom is -0.493 e. The Balaban J connectivity index is 1.66. The van der Waals surface area contributed by atoms with Crippen LogP contribution in [0, 0.1) is 0 Å². The van der Waals surface area contributed by atoms with Gasteiger partial charge in [-0.1, -0.05) is 47.5 Å². The van der Waals surface area contributed by atoms with Gasteiger partial charge in [-0.2, -0.15) is 0 Å². The summed E-state index contributed by atoms with van der Waals surface area (Å²) in [4.78, 5) is 4.11. The molecular weight excluding hydrogens is 383 g/mol. The molecule has 0 aliphatic rings. The average Bonchev–Trinajstić information content (AvgIpc) is 2.69. The van der Waals surface area contributed by atoms with Gasteiger partial charge in [0.25, 0.3) is 0 Å². The normalized spacial score (nSPS) is 10.6. The molecule has 0 aliphatic heterocycles. The van der Waals surface area contributed by atoms with Crippen LogP contribution >= 0.6 is 23.2 Å². The van der Waals surface area contributed by atoms with E-state index in [1.54, 1.807) is 19.4 Å². The van der Waals surface area contributed by atoms with Gasteiger partial charge in [-0.15, -0.1) is 0 Å². The molecular formula is C21H20Cl2N2O2. The van der Waals surface area contributed by atoms with Gasteiger partial charge in [0.2, 0.25) is 0 Å². The summed E-state index contributed by atoms with van der Waals surface area (Å²) in [5.41, 5.74) is 2.95. The summed E-state index contributed by atoms with van der Waals surface area (Å²) in [6.07, 6.45) is 3.59. The van der Waals surface area contributed by atoms with E-state index in [0.717, 1.165) is 16.7 Å². The first kappa shape index (κ1) is 19.5. The summed E-state index contributed by atoms with van der Waals surface area (Å²) in [6, 6.07) is 15.2. The molecule has 0 atom stereocenters. The molecule has 3 rings (SSSR count). The highest BCUT2D eigenvalue weighted by atomic mass is 35.5. The van der Waals surface area contributed by atoms with E-state index in [4.69, 9.17) is 32.7 Å². The molecule has 3 aromatic rings. The third-order valence-corrected chi connectivity index (χ3v) is 4.76. The van der Waals surface area contributed by atoms with E-state index in [2.05, 4.69) is 10.3 Å². The number of methoxy groups -OCH3 is 1. The van der Waals surface area contributed by atoms with Crippen molar-refractivity contribution in [1.82, 2.24) is 10.3 Å². The van der Waals surface area contributed by atoms with Gasteiger partial charge in [0.05, 0.1) is 7.11 Å². The van der Waals surface area contributed by atoms with E-state index in [0.29, 0.717) is 41.2 Å². The molecule has 6 heteroatoms. The molecule has 0 bridgehead atoms. The van der Waals surface area contributed by atoms with Gasteiger partial charge in [0.15, 0.2) is 11.5 Å². The highest BCUT2D eigenvalue weighted by Gasteiger charge is 2.11. The number of benzene rings is 2. The van der Waals surface area contributed by atoms with E-state index in [1.807, 2.05) is 48.7 Å². The summed E-state index contributed by atoms with van der Waals surface area (Å²) >= 11 is 12.6. The molecule has 1 aromatic heterocycles. The van der Waals surface area contributed by atoms with Crippen LogP contribution in [0.1, 0.15) is 16.7 Å². The first-order valence-corrected chi connectivity index (χ1v) is 9.25. The van der Waals surface area contributed by atoms with Crippen molar-refractivity contribution in [3.05, 3.63) is 87.7 Å². The highest BCUT2D eigenvalue weighted by molar-refractivity contribution is 6.31. The fraction of sp³-hybridized carbons (Fsp3) is 0.190. The van der Waals surface area contributed by atoms with Crippen molar-refractivity contribution in [1.29, 1.82) is 0 Å². The number of hydrogen-bond donors (Lipinski definition) is 1. The molecule has 140 valence electrons. The van der Waals surface area contributed by atoms with Crippen LogP contribution in [-0.4, -0.2) is 12.1 Å². The lowest BCUT2D eigenvalue weighted by Gasteiger charge is -2.15. The Hall–Kier alpha value is -2.27. The lowest BCUT2D eigenvalue weighted by atomic mass is 10.2. The van der Waals surface area contributed by atoms with Gasteiger partial charge in [-0.3, -0.25) is 4.98 Å². The monoisotopic (exact) mass is 402 g/mol. The van der Waals surface area contributed by atoms with Crippen LogP contribution in [0.5, 0.6) is 11.5 Å². The van der Waals surface area contributed by atoms with E-state index < -0.39 is 0 Å². The van der Waals surface area contributed by atoms with Crippen LogP contribution in [0.15, 0.2) is 60.9 Å². The maximum Gasteiger partial charge on any atom is 0.163 e. The van der Waals surface area contributed by atoms with Crippen molar-refractivity contribution in [3.8, 4) is 11.5 Å². The van der Waals surface area contributed by atoms with Crippen molar-refractivity contribution < 1.29 is 9.47 Å². The third kappa shape index (κ3) is 5.36. The van der Waals surface area contributed by atoms with Crippen LogP contribution in [0.4, 0.5) is 0 Å². The van der Waals surface area contributed by atoms with Gasteiger partial charge in [-0.05, 0) is 29.3 Å². The number of aromatic nitrogens is 1. The Morgan fingerprint density at radius 1 is 0.926 bits per heavy atom. The second-order valence-corrected chi connectivity index (χ2v) is 6.75. The molecule has 27 heavy (non-hydrogen) atoms. The molecule has 0 radical (unpaired) electrons. The zero-order valence-corrected chi connectivity index (χ0v) is 16.4. The second-order valence-electron chi connectivity index (χ2n) is 5.94. The Kier molecular flexibility index (Phi) is 6.93. The van der Waals surface area contributed by atoms with Gasteiger partial charge in [0, 0.05) is 47.2 Å². The molecule has 0 aliphatic carbocycles. The van der Waals surface area contributed by atoms with Crippen molar-refractivity contribution >= 4 is 23.2 Å². The number of rotatable bonds is 8. The van der Waals surface area contributed by atoms with Gasteiger partial charge < -0.3 is 14.8 Å². The number of nitrogens with one attached hydrogen (secondary N) is 1. The summed E-state index contributed by atoms with van der Waals surface area (Å²) in [7, 11) is 1.61. The van der Waals surface area contributed by atoms with Gasteiger partial charge >= 0.3 is 0 Å². The average molecular weight is 403 g/mol. The highest BCUT2D eigenvalue weighted by Crippen LogP contribution is 2.34. The van der Waals surface area contributed by atoms with Crippen LogP contribution in [0.3, 0.4) is 0 Å². The van der Waals surface area contributed by atoms with E-state index >= 15 is 0 Å². The van der Waals surface area contributed by atoms with Crippen molar-refractivity contribution in [3.63, 3.8) is 0 Å². The molecule has 1 heterocycles. The molecule has 0 amide bonds. The number of pyridine rings is 1. The Morgan fingerprint density at radius 3 is 2.52 bits per heavy atom. The summed E-state index contributed by atoms with van der Waals surface area (Å²) < 4.78 is 11.4.